The molecule has 0 saturated heterocycles. The van der Waals surface area contributed by atoms with E-state index in [-0.39, 0.29) is 34.6 Å². The minimum atomic E-state index is -0.992. The van der Waals surface area contributed by atoms with Gasteiger partial charge in [0, 0.05) is 47.3 Å². The quantitative estimate of drug-likeness (QED) is 0.110. The number of rotatable bonds is 14. The second-order valence-electron chi connectivity index (χ2n) is 15.8. The second-order valence-corrected chi connectivity index (χ2v) is 17.9. The summed E-state index contributed by atoms with van der Waals surface area (Å²) in [5.74, 6) is 0.836. The predicted octanol–water partition coefficient (Wildman–Crippen LogP) is 11.1. The number of hydrogen-bond donors (Lipinski definition) is 2. The predicted molar refractivity (Wildman–Crippen MR) is 223 cm³/mol. The molecule has 5 aromatic rings. The van der Waals surface area contributed by atoms with Crippen LogP contribution in [0.25, 0.3) is 22.2 Å². The monoisotopic (exact) mass is 746 g/mol. The van der Waals surface area contributed by atoms with Crippen molar-refractivity contribution in [1.29, 1.82) is 0 Å². The fourth-order valence-electron chi connectivity index (χ4n) is 6.77. The first-order valence-corrected chi connectivity index (χ1v) is 21.5. The number of carbonyl (C=O) groups is 1. The van der Waals surface area contributed by atoms with Crippen LogP contribution in [0.2, 0.25) is 13.1 Å². The molecule has 0 aliphatic carbocycles. The minimum Gasteiger partial charge on any atom is -0.489 e. The molecule has 0 spiro atoms. The molecule has 3 aromatic heterocycles. The van der Waals surface area contributed by atoms with Crippen LogP contribution in [0.4, 0.5) is 16.2 Å². The Hall–Kier alpha value is -4.80. The third-order valence-electron chi connectivity index (χ3n) is 9.39. The van der Waals surface area contributed by atoms with Crippen LogP contribution in [0.3, 0.4) is 0 Å². The van der Waals surface area contributed by atoms with Gasteiger partial charge in [0.2, 0.25) is 9.04 Å². The molecule has 0 aliphatic heterocycles. The standard InChI is InChI=1S/C44H56N5O4Si/c1-11-12-22-49-41-34(19-15-21-46-41)37(31-17-13-18-33(23-31)52-27-30-16-14-20-45-26-30)39(42(49)50)48-43(51)47-38-35(28(2)3)24-32(25-36(38)29(4)5)40(44(6,7)8)53-54(9)10/h13-21,23-26,28-29,40H,11-12,22,27H2,1-10H3,(H2,47,48,51). The van der Waals surface area contributed by atoms with Crippen molar-refractivity contribution in [3.8, 4) is 16.9 Å². The number of pyridine rings is 3. The summed E-state index contributed by atoms with van der Waals surface area (Å²) < 4.78 is 14.5. The first-order valence-electron chi connectivity index (χ1n) is 19.1. The molecule has 0 saturated carbocycles. The zero-order chi connectivity index (χ0) is 39.2. The normalized spacial score (nSPS) is 12.5. The summed E-state index contributed by atoms with van der Waals surface area (Å²) in [5, 5.41) is 7.03. The molecule has 0 aliphatic rings. The van der Waals surface area contributed by atoms with E-state index in [0.29, 0.717) is 30.1 Å². The van der Waals surface area contributed by atoms with E-state index < -0.39 is 15.1 Å². The van der Waals surface area contributed by atoms with Gasteiger partial charge in [-0.3, -0.25) is 14.3 Å². The number of nitrogens with one attached hydrogen (secondary N) is 2. The summed E-state index contributed by atoms with van der Waals surface area (Å²) in [6, 6.07) is 19.1. The number of aryl methyl sites for hydroxylation is 1. The Morgan fingerprint density at radius 1 is 0.907 bits per heavy atom. The van der Waals surface area contributed by atoms with E-state index in [1.54, 1.807) is 23.2 Å². The second kappa shape index (κ2) is 17.6. The van der Waals surface area contributed by atoms with Crippen LogP contribution in [-0.2, 0) is 17.6 Å². The maximum Gasteiger partial charge on any atom is 0.323 e. The van der Waals surface area contributed by atoms with Gasteiger partial charge in [0.15, 0.2) is 0 Å². The summed E-state index contributed by atoms with van der Waals surface area (Å²) in [6.07, 6.45) is 6.78. The molecule has 1 radical (unpaired) electrons. The first kappa shape index (κ1) is 40.4. The fourth-order valence-corrected chi connectivity index (χ4v) is 7.73. The zero-order valence-corrected chi connectivity index (χ0v) is 34.5. The summed E-state index contributed by atoms with van der Waals surface area (Å²) >= 11 is 0. The molecule has 2 N–H and O–H groups in total. The van der Waals surface area contributed by atoms with Crippen molar-refractivity contribution in [2.24, 2.45) is 5.41 Å². The average molecular weight is 747 g/mol. The number of aromatic nitrogens is 3. The number of urea groups is 1. The molecular formula is C44H56N5O4Si. The maximum absolute atomic E-state index is 14.5. The maximum atomic E-state index is 14.5. The average Bonchev–Trinajstić information content (AvgIpc) is 3.13. The fraction of sp³-hybridized carbons (Fsp3) is 0.409. The van der Waals surface area contributed by atoms with Crippen LogP contribution in [0, 0.1) is 5.41 Å². The van der Waals surface area contributed by atoms with Crippen molar-refractivity contribution in [2.45, 2.75) is 112 Å². The lowest BCUT2D eigenvalue weighted by Crippen LogP contribution is -2.30. The Labute approximate surface area is 322 Å². The zero-order valence-electron chi connectivity index (χ0n) is 33.5. The Morgan fingerprint density at radius 2 is 1.59 bits per heavy atom. The lowest BCUT2D eigenvalue weighted by molar-refractivity contribution is 0.0864. The number of amides is 2. The van der Waals surface area contributed by atoms with Gasteiger partial charge in [-0.05, 0) is 89.4 Å². The third kappa shape index (κ3) is 9.46. The first-order chi connectivity index (χ1) is 25.7. The van der Waals surface area contributed by atoms with Crippen LogP contribution in [-0.4, -0.2) is 29.6 Å². The molecule has 1 atom stereocenters. The van der Waals surface area contributed by atoms with Crippen molar-refractivity contribution in [1.82, 2.24) is 14.5 Å². The Bertz CT molecular complexity index is 2090. The number of anilines is 2. The van der Waals surface area contributed by atoms with Gasteiger partial charge in [-0.25, -0.2) is 9.78 Å². The van der Waals surface area contributed by atoms with Crippen LogP contribution >= 0.6 is 0 Å². The van der Waals surface area contributed by atoms with E-state index in [2.05, 4.69) is 101 Å². The van der Waals surface area contributed by atoms with Gasteiger partial charge in [0.25, 0.3) is 5.56 Å². The van der Waals surface area contributed by atoms with E-state index in [0.717, 1.165) is 51.7 Å². The van der Waals surface area contributed by atoms with E-state index in [1.165, 1.54) is 0 Å². The largest absolute Gasteiger partial charge is 0.489 e. The summed E-state index contributed by atoms with van der Waals surface area (Å²) in [6.45, 7) is 22.4. The lowest BCUT2D eigenvalue weighted by Gasteiger charge is -2.34. The molecule has 285 valence electrons. The van der Waals surface area contributed by atoms with Crippen LogP contribution < -0.4 is 20.9 Å². The molecular weight excluding hydrogens is 691 g/mol. The van der Waals surface area contributed by atoms with E-state index in [9.17, 15) is 9.59 Å². The van der Waals surface area contributed by atoms with Crippen molar-refractivity contribution in [3.63, 3.8) is 0 Å². The van der Waals surface area contributed by atoms with Gasteiger partial charge < -0.3 is 19.8 Å². The van der Waals surface area contributed by atoms with Crippen molar-refractivity contribution in [2.75, 3.05) is 10.6 Å². The summed E-state index contributed by atoms with van der Waals surface area (Å²) in [4.78, 5) is 37.8. The highest BCUT2D eigenvalue weighted by Gasteiger charge is 2.31. The number of carbonyl (C=O) groups excluding carboxylic acids is 1. The number of fused-ring (bicyclic) bond motifs is 1. The van der Waals surface area contributed by atoms with Gasteiger partial charge in [-0.2, -0.15) is 0 Å². The molecule has 2 amide bonds. The topological polar surface area (TPSA) is 107 Å². The van der Waals surface area contributed by atoms with E-state index in [4.69, 9.17) is 9.16 Å². The molecule has 3 heterocycles. The Morgan fingerprint density at radius 3 is 2.20 bits per heavy atom. The highest BCUT2D eigenvalue weighted by atomic mass is 28.3. The highest BCUT2D eigenvalue weighted by Crippen LogP contribution is 2.42. The smallest absolute Gasteiger partial charge is 0.323 e. The van der Waals surface area contributed by atoms with Crippen LogP contribution in [0.1, 0.15) is 108 Å². The molecule has 0 fully saturated rings. The van der Waals surface area contributed by atoms with E-state index in [1.807, 2.05) is 48.5 Å². The molecule has 2 aromatic carbocycles. The number of nitrogens with zero attached hydrogens (tertiary/aromatic N) is 3. The van der Waals surface area contributed by atoms with Crippen molar-refractivity contribution < 1.29 is 14.0 Å². The molecule has 54 heavy (non-hydrogen) atoms. The molecule has 10 heteroatoms. The molecule has 1 unspecified atom stereocenters. The molecule has 5 rings (SSSR count). The lowest BCUT2D eigenvalue weighted by atomic mass is 9.81. The minimum absolute atomic E-state index is 0.0984. The summed E-state index contributed by atoms with van der Waals surface area (Å²) in [5.41, 5.74) is 6.47. The Balaban J connectivity index is 1.62. The van der Waals surface area contributed by atoms with Crippen molar-refractivity contribution >= 4 is 37.5 Å². The van der Waals surface area contributed by atoms with Gasteiger partial charge in [-0.15, -0.1) is 0 Å². The summed E-state index contributed by atoms with van der Waals surface area (Å²) in [7, 11) is -0.992. The van der Waals surface area contributed by atoms with Crippen molar-refractivity contribution in [3.05, 3.63) is 112 Å². The third-order valence-corrected chi connectivity index (χ3v) is 10.1. The molecule has 9 nitrogen and oxygen atoms in total. The van der Waals surface area contributed by atoms with E-state index >= 15 is 0 Å². The van der Waals surface area contributed by atoms with Gasteiger partial charge in [0.1, 0.15) is 23.7 Å². The number of ether oxygens (including phenoxy) is 1. The van der Waals surface area contributed by atoms with Crippen LogP contribution in [0.5, 0.6) is 5.75 Å². The Kier molecular flexibility index (Phi) is 13.1. The van der Waals surface area contributed by atoms with Gasteiger partial charge >= 0.3 is 6.03 Å². The number of unbranched alkanes of at least 4 members (excludes halogenated alkanes) is 1. The number of benzene rings is 2. The van der Waals surface area contributed by atoms with Gasteiger partial charge in [0.05, 0.1) is 6.10 Å². The van der Waals surface area contributed by atoms with Crippen LogP contribution in [0.15, 0.2) is 84.0 Å². The van der Waals surface area contributed by atoms with Gasteiger partial charge in [-0.1, -0.05) is 92.1 Å². The molecule has 0 bridgehead atoms. The highest BCUT2D eigenvalue weighted by molar-refractivity contribution is 6.48. The number of hydrogen-bond acceptors (Lipinski definition) is 6. The SMILES string of the molecule is CCCCn1c(=O)c(NC(=O)Nc2c(C(C)C)cc(C(O[Si](C)C)C(C)(C)C)cc2C(C)C)c(-c2cccc(OCc3cccnc3)c2)c2cccnc21.